The summed E-state index contributed by atoms with van der Waals surface area (Å²) in [5.74, 6) is -1.34. The van der Waals surface area contributed by atoms with E-state index in [2.05, 4.69) is 5.32 Å². The smallest absolute Gasteiger partial charge is 0.224 e. The third kappa shape index (κ3) is 4.11. The maximum Gasteiger partial charge on any atom is 0.224 e. The molecule has 2 aromatic carbocycles. The first-order valence-corrected chi connectivity index (χ1v) is 6.94. The molecule has 2 rings (SSSR count). The molecule has 0 unspecified atom stereocenters. The molecule has 0 radical (unpaired) electrons. The van der Waals surface area contributed by atoms with Crippen molar-refractivity contribution in [2.75, 3.05) is 5.32 Å². The summed E-state index contributed by atoms with van der Waals surface area (Å²) in [7, 11) is 0. The van der Waals surface area contributed by atoms with Crippen LogP contribution in [-0.4, -0.2) is 11.0 Å². The number of aryl methyl sites for hydroxylation is 2. The molecule has 0 aromatic heterocycles. The fourth-order valence-electron chi connectivity index (χ4n) is 2.10. The van der Waals surface area contributed by atoms with E-state index in [4.69, 9.17) is 5.11 Å². The molecular formula is C17H17F2NO2. The van der Waals surface area contributed by atoms with Crippen LogP contribution >= 0.6 is 0 Å². The van der Waals surface area contributed by atoms with Gasteiger partial charge >= 0.3 is 0 Å². The summed E-state index contributed by atoms with van der Waals surface area (Å²) < 4.78 is 26.5. The third-order valence-electron chi connectivity index (χ3n) is 3.39. The van der Waals surface area contributed by atoms with Gasteiger partial charge in [0.05, 0.1) is 6.61 Å². The highest BCUT2D eigenvalue weighted by molar-refractivity contribution is 5.91. The molecule has 0 saturated carbocycles. The number of aliphatic hydroxyl groups excluding tert-OH is 1. The fraction of sp³-hybridized carbons (Fsp3) is 0.235. The number of hydrogen-bond donors (Lipinski definition) is 2. The largest absolute Gasteiger partial charge is 0.392 e. The number of aliphatic hydroxyl groups is 1. The monoisotopic (exact) mass is 305 g/mol. The molecule has 1 amide bonds. The number of benzene rings is 2. The maximum atomic E-state index is 13.5. The van der Waals surface area contributed by atoms with Gasteiger partial charge in [-0.05, 0) is 54.3 Å². The molecular weight excluding hydrogens is 288 g/mol. The van der Waals surface area contributed by atoms with E-state index >= 15 is 0 Å². The topological polar surface area (TPSA) is 49.3 Å². The van der Waals surface area contributed by atoms with Crippen LogP contribution in [0.4, 0.5) is 14.5 Å². The van der Waals surface area contributed by atoms with Crippen molar-refractivity contribution < 1.29 is 18.7 Å². The summed E-state index contributed by atoms with van der Waals surface area (Å²) in [5, 5.41) is 11.8. The predicted octanol–water partition coefficient (Wildman–Crippen LogP) is 3.34. The van der Waals surface area contributed by atoms with E-state index in [0.29, 0.717) is 11.3 Å². The van der Waals surface area contributed by atoms with Crippen molar-refractivity contribution in [2.24, 2.45) is 0 Å². The molecule has 116 valence electrons. The second-order valence-corrected chi connectivity index (χ2v) is 5.09. The second-order valence-electron chi connectivity index (χ2n) is 5.09. The molecule has 2 aromatic rings. The van der Waals surface area contributed by atoms with Crippen molar-refractivity contribution in [3.05, 3.63) is 64.7 Å². The number of halogens is 2. The SMILES string of the molecule is Cc1ccc(CO)cc1NC(=O)CCc1cc(F)ccc1F. The molecule has 0 aliphatic heterocycles. The zero-order chi connectivity index (χ0) is 16.1. The van der Waals surface area contributed by atoms with Gasteiger partial charge in [-0.3, -0.25) is 4.79 Å². The minimum absolute atomic E-state index is 0.0448. The highest BCUT2D eigenvalue weighted by Gasteiger charge is 2.09. The first kappa shape index (κ1) is 16.1. The number of carbonyl (C=O) groups is 1. The second kappa shape index (κ2) is 7.13. The molecule has 0 heterocycles. The molecule has 0 aliphatic carbocycles. The van der Waals surface area contributed by atoms with E-state index in [1.807, 2.05) is 6.92 Å². The van der Waals surface area contributed by atoms with Crippen LogP contribution in [0.15, 0.2) is 36.4 Å². The Morgan fingerprint density at radius 2 is 1.95 bits per heavy atom. The Morgan fingerprint density at radius 1 is 1.18 bits per heavy atom. The quantitative estimate of drug-likeness (QED) is 0.890. The Balaban J connectivity index is 2.00. The summed E-state index contributed by atoms with van der Waals surface area (Å²) in [6, 6.07) is 8.46. The summed E-state index contributed by atoms with van der Waals surface area (Å²) in [4.78, 5) is 11.9. The number of anilines is 1. The van der Waals surface area contributed by atoms with Gasteiger partial charge in [0.2, 0.25) is 5.91 Å². The lowest BCUT2D eigenvalue weighted by Gasteiger charge is -2.10. The number of carbonyl (C=O) groups excluding carboxylic acids is 1. The predicted molar refractivity (Wildman–Crippen MR) is 80.4 cm³/mol. The van der Waals surface area contributed by atoms with Gasteiger partial charge in [-0.15, -0.1) is 0 Å². The van der Waals surface area contributed by atoms with E-state index in [1.165, 1.54) is 0 Å². The van der Waals surface area contributed by atoms with Crippen molar-refractivity contribution in [3.63, 3.8) is 0 Å². The van der Waals surface area contributed by atoms with Gasteiger partial charge in [0, 0.05) is 12.1 Å². The lowest BCUT2D eigenvalue weighted by molar-refractivity contribution is -0.116. The van der Waals surface area contributed by atoms with Gasteiger partial charge in [0.25, 0.3) is 0 Å². The molecule has 0 atom stereocenters. The molecule has 0 bridgehead atoms. The Bertz CT molecular complexity index is 686. The van der Waals surface area contributed by atoms with Gasteiger partial charge in [-0.2, -0.15) is 0 Å². The van der Waals surface area contributed by atoms with Crippen LogP contribution in [0.5, 0.6) is 0 Å². The van der Waals surface area contributed by atoms with E-state index in [0.717, 1.165) is 23.8 Å². The van der Waals surface area contributed by atoms with Crippen molar-refractivity contribution in [3.8, 4) is 0 Å². The van der Waals surface area contributed by atoms with Crippen molar-refractivity contribution in [1.82, 2.24) is 0 Å². The average molecular weight is 305 g/mol. The summed E-state index contributed by atoms with van der Waals surface area (Å²) in [6.07, 6.45) is 0.164. The highest BCUT2D eigenvalue weighted by Crippen LogP contribution is 2.18. The Labute approximate surface area is 127 Å². The molecule has 0 saturated heterocycles. The van der Waals surface area contributed by atoms with Crippen LogP contribution in [-0.2, 0) is 17.8 Å². The van der Waals surface area contributed by atoms with Gasteiger partial charge in [0.1, 0.15) is 11.6 Å². The molecule has 0 fully saturated rings. The lowest BCUT2D eigenvalue weighted by Crippen LogP contribution is -2.14. The van der Waals surface area contributed by atoms with Gasteiger partial charge in [-0.25, -0.2) is 8.78 Å². The van der Waals surface area contributed by atoms with Crippen LogP contribution in [0.1, 0.15) is 23.1 Å². The fourth-order valence-corrected chi connectivity index (χ4v) is 2.10. The van der Waals surface area contributed by atoms with Crippen molar-refractivity contribution >= 4 is 11.6 Å². The standard InChI is InChI=1S/C17H17F2NO2/c1-11-2-3-12(10-21)8-16(11)20-17(22)7-4-13-9-14(18)5-6-15(13)19/h2-3,5-6,8-9,21H,4,7,10H2,1H3,(H,20,22). The van der Waals surface area contributed by atoms with Crippen molar-refractivity contribution in [1.29, 1.82) is 0 Å². The first-order valence-electron chi connectivity index (χ1n) is 6.94. The maximum absolute atomic E-state index is 13.5. The molecule has 3 nitrogen and oxygen atoms in total. The van der Waals surface area contributed by atoms with Crippen molar-refractivity contribution in [2.45, 2.75) is 26.4 Å². The molecule has 2 N–H and O–H groups in total. The highest BCUT2D eigenvalue weighted by atomic mass is 19.1. The minimum Gasteiger partial charge on any atom is -0.392 e. The van der Waals surface area contributed by atoms with Gasteiger partial charge in [0.15, 0.2) is 0 Å². The normalized spacial score (nSPS) is 10.5. The van der Waals surface area contributed by atoms with E-state index in [9.17, 15) is 13.6 Å². The van der Waals surface area contributed by atoms with E-state index < -0.39 is 11.6 Å². The first-order chi connectivity index (χ1) is 10.5. The summed E-state index contributed by atoms with van der Waals surface area (Å²) >= 11 is 0. The molecule has 0 spiro atoms. The zero-order valence-electron chi connectivity index (χ0n) is 12.2. The minimum atomic E-state index is -0.525. The van der Waals surface area contributed by atoms with E-state index in [1.54, 1.807) is 18.2 Å². The average Bonchev–Trinajstić information content (AvgIpc) is 2.50. The van der Waals surface area contributed by atoms with Crippen LogP contribution in [0.3, 0.4) is 0 Å². The van der Waals surface area contributed by atoms with E-state index in [-0.39, 0.29) is 30.9 Å². The molecule has 5 heteroatoms. The van der Waals surface area contributed by atoms with Crippen LogP contribution in [0.25, 0.3) is 0 Å². The Hall–Kier alpha value is -2.27. The number of amides is 1. The number of nitrogens with one attached hydrogen (secondary N) is 1. The van der Waals surface area contributed by atoms with Crippen LogP contribution in [0, 0.1) is 18.6 Å². The summed E-state index contributed by atoms with van der Waals surface area (Å²) in [5.41, 5.74) is 2.34. The number of rotatable bonds is 5. The molecule has 0 aliphatic rings. The Morgan fingerprint density at radius 3 is 2.68 bits per heavy atom. The third-order valence-corrected chi connectivity index (χ3v) is 3.39. The van der Waals surface area contributed by atoms with Crippen LogP contribution < -0.4 is 5.32 Å². The van der Waals surface area contributed by atoms with Crippen LogP contribution in [0.2, 0.25) is 0 Å². The number of hydrogen-bond acceptors (Lipinski definition) is 2. The Kier molecular flexibility index (Phi) is 5.22. The zero-order valence-corrected chi connectivity index (χ0v) is 12.2. The lowest BCUT2D eigenvalue weighted by atomic mass is 10.1. The molecule has 22 heavy (non-hydrogen) atoms. The van der Waals surface area contributed by atoms with Gasteiger partial charge in [-0.1, -0.05) is 12.1 Å². The summed E-state index contributed by atoms with van der Waals surface area (Å²) in [6.45, 7) is 1.72. The van der Waals surface area contributed by atoms with Gasteiger partial charge < -0.3 is 10.4 Å².